The lowest BCUT2D eigenvalue weighted by Crippen LogP contribution is -2.63. The molecule has 0 unspecified atom stereocenters. The highest BCUT2D eigenvalue weighted by Crippen LogP contribution is 2.60. The predicted molar refractivity (Wildman–Crippen MR) is 301 cm³/mol. The minimum absolute atomic E-state index is 0.0244. The van der Waals surface area contributed by atoms with Gasteiger partial charge in [-0.05, 0) is 150 Å². The minimum Gasteiger partial charge on any atom is -0.376 e. The first-order chi connectivity index (χ1) is 33.2. The fourth-order valence-electron chi connectivity index (χ4n) is 12.6. The van der Waals surface area contributed by atoms with Gasteiger partial charge in [0.05, 0.1) is 5.69 Å². The molecule has 0 aromatic heterocycles. The second-order valence-corrected chi connectivity index (χ2v) is 24.7. The molecule has 12 rings (SSSR count). The first kappa shape index (κ1) is 44.4. The van der Waals surface area contributed by atoms with Crippen LogP contribution in [0.5, 0.6) is 0 Å². The quantitative estimate of drug-likeness (QED) is 0.163. The van der Waals surface area contributed by atoms with Crippen LogP contribution in [0.1, 0.15) is 129 Å². The second-order valence-electron chi connectivity index (χ2n) is 24.7. The SMILES string of the molecule is CC(C)(C)c1ccc(N2B3c4cccc5c4N(c4ccccc4C5(C)C)c4cc5c(c(c43)-c3cc(N(c4ccc(C(C)(C)C)cc4)c4ccc(C(C)(C)C)cc4)ccc32)C(C)(C)c2ccccc2-5)cc1. The molecule has 70 heavy (non-hydrogen) atoms. The molecule has 3 nitrogen and oxygen atoms in total. The molecule has 4 aliphatic rings. The van der Waals surface area contributed by atoms with Crippen LogP contribution in [0.25, 0.3) is 22.3 Å². The molecule has 4 heteroatoms. The van der Waals surface area contributed by atoms with Gasteiger partial charge < -0.3 is 14.6 Å². The minimum atomic E-state index is -0.264. The van der Waals surface area contributed by atoms with Crippen molar-refractivity contribution in [2.45, 2.75) is 117 Å². The lowest BCUT2D eigenvalue weighted by molar-refractivity contribution is 0.590. The normalized spacial score (nSPS) is 15.6. The monoisotopic (exact) mass is 912 g/mol. The van der Waals surface area contributed by atoms with Crippen LogP contribution in [0.4, 0.5) is 45.5 Å². The molecular weight excluding hydrogens is 846 g/mol. The number of hydrogen-bond donors (Lipinski definition) is 0. The first-order valence-corrected chi connectivity index (χ1v) is 25.6. The molecule has 0 amide bonds. The molecule has 0 radical (unpaired) electrons. The fourth-order valence-corrected chi connectivity index (χ4v) is 12.6. The maximum absolute atomic E-state index is 2.69. The van der Waals surface area contributed by atoms with Crippen molar-refractivity contribution < 1.29 is 0 Å². The number of benzene rings is 8. The van der Waals surface area contributed by atoms with E-state index in [1.807, 2.05) is 0 Å². The standard InChI is InChI=1S/C66H66BN3/c1-62(2,3)41-25-31-44(32-26-41)68(45-33-27-42(28-34-45)63(4,5)6)47-37-38-55-50(39-47)58-59-49(48-19-14-15-20-51(48)66(59,12)13)40-57-60(58)67(70(55)46-35-29-43(30-36-46)64(7,8)9)54-23-18-22-53-61(54)69(57)56-24-17-16-21-52(56)65(53,10)11/h14-40H,1-13H3. The van der Waals surface area contributed by atoms with Gasteiger partial charge in [-0.25, -0.2) is 0 Å². The highest BCUT2D eigenvalue weighted by atomic mass is 15.2. The summed E-state index contributed by atoms with van der Waals surface area (Å²) in [6, 6.07) is 63.5. The molecule has 0 spiro atoms. The Kier molecular flexibility index (Phi) is 9.44. The van der Waals surface area contributed by atoms with Gasteiger partial charge in [0.15, 0.2) is 0 Å². The van der Waals surface area contributed by atoms with Gasteiger partial charge in [-0.15, -0.1) is 0 Å². The van der Waals surface area contributed by atoms with Gasteiger partial charge >= 0.3 is 6.85 Å². The molecule has 0 saturated carbocycles. The topological polar surface area (TPSA) is 9.72 Å². The maximum Gasteiger partial charge on any atom is 0.333 e. The van der Waals surface area contributed by atoms with Gasteiger partial charge in [0.2, 0.25) is 0 Å². The van der Waals surface area contributed by atoms with E-state index in [0.717, 1.165) is 17.1 Å². The molecule has 0 N–H and O–H groups in total. The van der Waals surface area contributed by atoms with E-state index in [9.17, 15) is 0 Å². The summed E-state index contributed by atoms with van der Waals surface area (Å²) in [7, 11) is 0. The molecule has 3 heterocycles. The Balaban J connectivity index is 1.20. The van der Waals surface area contributed by atoms with E-state index in [1.54, 1.807) is 0 Å². The van der Waals surface area contributed by atoms with Gasteiger partial charge in [0, 0.05) is 56.2 Å². The maximum atomic E-state index is 2.69. The van der Waals surface area contributed by atoms with Gasteiger partial charge in [0.1, 0.15) is 0 Å². The van der Waals surface area contributed by atoms with Crippen molar-refractivity contribution in [3.05, 3.63) is 203 Å². The molecule has 3 aliphatic heterocycles. The lowest BCUT2D eigenvalue weighted by atomic mass is 9.42. The Morgan fingerprint density at radius 3 is 1.56 bits per heavy atom. The first-order valence-electron chi connectivity index (χ1n) is 25.6. The van der Waals surface area contributed by atoms with Crippen LogP contribution in [0.15, 0.2) is 164 Å². The molecule has 8 aromatic rings. The number of fused-ring (bicyclic) bond motifs is 10. The van der Waals surface area contributed by atoms with Crippen molar-refractivity contribution in [3.63, 3.8) is 0 Å². The average Bonchev–Trinajstić information content (AvgIpc) is 3.56. The van der Waals surface area contributed by atoms with Gasteiger partial charge in [0.25, 0.3) is 0 Å². The van der Waals surface area contributed by atoms with Gasteiger partial charge in [-0.2, -0.15) is 0 Å². The number of nitrogens with zero attached hydrogens (tertiary/aromatic N) is 3. The Morgan fingerprint density at radius 2 is 0.957 bits per heavy atom. The van der Waals surface area contributed by atoms with E-state index in [2.05, 4.69) is 268 Å². The number of hydrogen-bond acceptors (Lipinski definition) is 3. The summed E-state index contributed by atoms with van der Waals surface area (Å²) in [5.74, 6) is 0. The van der Waals surface area contributed by atoms with Gasteiger partial charge in [-0.1, -0.05) is 187 Å². The Labute approximate surface area is 418 Å². The van der Waals surface area contributed by atoms with Crippen LogP contribution in [0.2, 0.25) is 0 Å². The molecule has 348 valence electrons. The summed E-state index contributed by atoms with van der Waals surface area (Å²) in [6.45, 7) is 30.4. The van der Waals surface area contributed by atoms with Crippen molar-refractivity contribution in [3.8, 4) is 22.3 Å². The summed E-state index contributed by atoms with van der Waals surface area (Å²) < 4.78 is 0. The Bertz CT molecular complexity index is 3370. The fraction of sp³-hybridized carbons (Fsp3) is 0.273. The van der Waals surface area contributed by atoms with E-state index in [-0.39, 0.29) is 33.9 Å². The van der Waals surface area contributed by atoms with Crippen molar-refractivity contribution in [2.24, 2.45) is 0 Å². The van der Waals surface area contributed by atoms with Crippen molar-refractivity contribution in [1.29, 1.82) is 0 Å². The molecular formula is C66H66BN3. The zero-order chi connectivity index (χ0) is 49.0. The third-order valence-corrected chi connectivity index (χ3v) is 16.5. The Hall–Kier alpha value is -6.78. The summed E-state index contributed by atoms with van der Waals surface area (Å²) in [5, 5.41) is 0. The molecule has 0 saturated heterocycles. The second kappa shape index (κ2) is 14.9. The van der Waals surface area contributed by atoms with Crippen LogP contribution in [-0.4, -0.2) is 6.85 Å². The number of anilines is 8. The molecule has 0 bridgehead atoms. The average molecular weight is 912 g/mol. The molecule has 1 aliphatic carbocycles. The summed E-state index contributed by atoms with van der Waals surface area (Å²) >= 11 is 0. The highest BCUT2D eigenvalue weighted by molar-refractivity contribution is 6.93. The van der Waals surface area contributed by atoms with Crippen LogP contribution in [0, 0.1) is 0 Å². The molecule has 0 atom stereocenters. The number of rotatable bonds is 4. The van der Waals surface area contributed by atoms with E-state index in [0.29, 0.717) is 0 Å². The number of para-hydroxylation sites is 2. The zero-order valence-corrected chi connectivity index (χ0v) is 43.5. The van der Waals surface area contributed by atoms with Crippen LogP contribution < -0.4 is 25.5 Å². The van der Waals surface area contributed by atoms with E-state index < -0.39 is 0 Å². The molecule has 0 fully saturated rings. The summed E-state index contributed by atoms with van der Waals surface area (Å²) in [4.78, 5) is 7.83. The summed E-state index contributed by atoms with van der Waals surface area (Å²) in [6.07, 6.45) is 0. The summed E-state index contributed by atoms with van der Waals surface area (Å²) in [5.41, 5.74) is 26.8. The van der Waals surface area contributed by atoms with Crippen molar-refractivity contribution in [2.75, 3.05) is 14.6 Å². The Morgan fingerprint density at radius 1 is 0.429 bits per heavy atom. The largest absolute Gasteiger partial charge is 0.376 e. The predicted octanol–water partition coefficient (Wildman–Crippen LogP) is 16.7. The molecule has 8 aromatic carbocycles. The third kappa shape index (κ3) is 6.40. The van der Waals surface area contributed by atoms with Crippen molar-refractivity contribution >= 4 is 63.3 Å². The van der Waals surface area contributed by atoms with Crippen LogP contribution in [0.3, 0.4) is 0 Å². The van der Waals surface area contributed by atoms with E-state index in [1.165, 1.54) is 101 Å². The zero-order valence-electron chi connectivity index (χ0n) is 43.5. The van der Waals surface area contributed by atoms with Gasteiger partial charge in [-0.3, -0.25) is 0 Å². The lowest BCUT2D eigenvalue weighted by Gasteiger charge is -2.51. The smallest absolute Gasteiger partial charge is 0.333 e. The van der Waals surface area contributed by atoms with E-state index >= 15 is 0 Å². The van der Waals surface area contributed by atoms with E-state index in [4.69, 9.17) is 0 Å². The highest BCUT2D eigenvalue weighted by Gasteiger charge is 2.52. The third-order valence-electron chi connectivity index (χ3n) is 16.5. The van der Waals surface area contributed by atoms with Crippen LogP contribution >= 0.6 is 0 Å². The van der Waals surface area contributed by atoms with Crippen LogP contribution in [-0.2, 0) is 27.1 Å². The van der Waals surface area contributed by atoms with Crippen molar-refractivity contribution in [1.82, 2.24) is 0 Å².